The van der Waals surface area contributed by atoms with Crippen LogP contribution in [0.1, 0.15) is 53.9 Å². The Balaban J connectivity index is 3.45. The molecule has 0 saturated carbocycles. The molecule has 78 valence electrons. The lowest BCUT2D eigenvalue weighted by atomic mass is 9.98. The molecule has 0 nitrogen and oxygen atoms in total. The van der Waals surface area contributed by atoms with Crippen LogP contribution >= 0.6 is 0 Å². The van der Waals surface area contributed by atoms with Crippen LogP contribution in [0.15, 0.2) is 12.2 Å². The van der Waals surface area contributed by atoms with E-state index in [4.69, 9.17) is 0 Å². The van der Waals surface area contributed by atoms with Gasteiger partial charge in [-0.25, -0.2) is 0 Å². The molecule has 1 unspecified atom stereocenters. The smallest absolute Gasteiger partial charge is 0.0262 e. The van der Waals surface area contributed by atoms with Gasteiger partial charge < -0.3 is 0 Å². The molecule has 0 heteroatoms. The zero-order valence-electron chi connectivity index (χ0n) is 10.0. The van der Waals surface area contributed by atoms with E-state index in [-0.39, 0.29) is 0 Å². The van der Waals surface area contributed by atoms with E-state index in [2.05, 4.69) is 46.8 Å². The molecule has 0 bridgehead atoms. The lowest BCUT2D eigenvalue weighted by Crippen LogP contribution is -1.93. The third-order valence-electron chi connectivity index (χ3n) is 2.27. The number of hydrogen-bond donors (Lipinski definition) is 0. The van der Waals surface area contributed by atoms with Crippen LogP contribution in [-0.2, 0) is 0 Å². The zero-order valence-corrected chi connectivity index (χ0v) is 10.0. The van der Waals surface area contributed by atoms with Crippen LogP contribution in [0, 0.1) is 17.8 Å². The Bertz CT molecular complexity index is 131. The summed E-state index contributed by atoms with van der Waals surface area (Å²) in [6, 6.07) is 0. The predicted molar refractivity (Wildman–Crippen MR) is 61.8 cm³/mol. The third kappa shape index (κ3) is 9.66. The summed E-state index contributed by atoms with van der Waals surface area (Å²) in [4.78, 5) is 0. The fourth-order valence-corrected chi connectivity index (χ4v) is 1.36. The van der Waals surface area contributed by atoms with Crippen molar-refractivity contribution in [3.8, 4) is 0 Å². The summed E-state index contributed by atoms with van der Waals surface area (Å²) in [5, 5.41) is 0. The molecule has 0 heterocycles. The Morgan fingerprint density at radius 1 is 0.846 bits per heavy atom. The summed E-state index contributed by atoms with van der Waals surface area (Å²) in [7, 11) is 0. The van der Waals surface area contributed by atoms with Gasteiger partial charge in [0.2, 0.25) is 0 Å². The Morgan fingerprint density at radius 2 is 1.46 bits per heavy atom. The van der Waals surface area contributed by atoms with Crippen molar-refractivity contribution in [3.05, 3.63) is 12.2 Å². The molecule has 0 aliphatic carbocycles. The molecule has 13 heavy (non-hydrogen) atoms. The molecular formula is C13H26. The molecule has 1 atom stereocenters. The first-order chi connectivity index (χ1) is 6.02. The lowest BCUT2D eigenvalue weighted by Gasteiger charge is -2.08. The van der Waals surface area contributed by atoms with Crippen molar-refractivity contribution in [2.24, 2.45) is 17.8 Å². The van der Waals surface area contributed by atoms with Gasteiger partial charge in [0.25, 0.3) is 0 Å². The molecule has 0 aliphatic heterocycles. The molecule has 0 N–H and O–H groups in total. The van der Waals surface area contributed by atoms with Gasteiger partial charge in [0.1, 0.15) is 0 Å². The Morgan fingerprint density at radius 3 is 1.92 bits per heavy atom. The van der Waals surface area contributed by atoms with E-state index in [1.54, 1.807) is 0 Å². The fraction of sp³-hybridized carbons (Fsp3) is 0.846. The van der Waals surface area contributed by atoms with Crippen LogP contribution in [-0.4, -0.2) is 0 Å². The van der Waals surface area contributed by atoms with E-state index >= 15 is 0 Å². The van der Waals surface area contributed by atoms with Crippen LogP contribution < -0.4 is 0 Å². The lowest BCUT2D eigenvalue weighted by molar-refractivity contribution is 0.500. The van der Waals surface area contributed by atoms with E-state index in [0.29, 0.717) is 5.92 Å². The SMILES string of the molecule is CC(C)/C=C/C(C)CCCC(C)C. The molecule has 0 rings (SSSR count). The van der Waals surface area contributed by atoms with E-state index in [1.807, 2.05) is 0 Å². The molecule has 0 aromatic heterocycles. The summed E-state index contributed by atoms with van der Waals surface area (Å²) >= 11 is 0. The topological polar surface area (TPSA) is 0 Å². The van der Waals surface area contributed by atoms with Crippen LogP contribution in [0.2, 0.25) is 0 Å². The average Bonchev–Trinajstić information content (AvgIpc) is 2.00. The average molecular weight is 182 g/mol. The molecular weight excluding hydrogens is 156 g/mol. The van der Waals surface area contributed by atoms with Crippen molar-refractivity contribution in [2.45, 2.75) is 53.9 Å². The van der Waals surface area contributed by atoms with Gasteiger partial charge in [0, 0.05) is 0 Å². The molecule has 0 aromatic rings. The van der Waals surface area contributed by atoms with Gasteiger partial charge in [0.15, 0.2) is 0 Å². The maximum atomic E-state index is 2.37. The van der Waals surface area contributed by atoms with Gasteiger partial charge in [0.05, 0.1) is 0 Å². The largest absolute Gasteiger partial charge is 0.0857 e. The van der Waals surface area contributed by atoms with Crippen molar-refractivity contribution in [3.63, 3.8) is 0 Å². The maximum Gasteiger partial charge on any atom is -0.0262 e. The van der Waals surface area contributed by atoms with Gasteiger partial charge in [-0.05, 0) is 24.2 Å². The first kappa shape index (κ1) is 12.7. The summed E-state index contributed by atoms with van der Waals surface area (Å²) < 4.78 is 0. The number of rotatable bonds is 6. The Hall–Kier alpha value is -0.260. The van der Waals surface area contributed by atoms with Crippen LogP contribution in [0.25, 0.3) is 0 Å². The minimum atomic E-state index is 0.701. The highest BCUT2D eigenvalue weighted by Crippen LogP contribution is 2.13. The first-order valence-electron chi connectivity index (χ1n) is 5.70. The van der Waals surface area contributed by atoms with Crippen LogP contribution in [0.4, 0.5) is 0 Å². The second-order valence-electron chi connectivity index (χ2n) is 4.93. The standard InChI is InChI=1S/C13H26/c1-11(2)7-6-8-13(5)10-9-12(3)4/h9-13H,6-8H2,1-5H3/b10-9+. The van der Waals surface area contributed by atoms with Crippen molar-refractivity contribution in [1.29, 1.82) is 0 Å². The van der Waals surface area contributed by atoms with Crippen molar-refractivity contribution in [2.75, 3.05) is 0 Å². The fourth-order valence-electron chi connectivity index (χ4n) is 1.36. The second-order valence-corrected chi connectivity index (χ2v) is 4.93. The quantitative estimate of drug-likeness (QED) is 0.524. The molecule has 0 radical (unpaired) electrons. The first-order valence-corrected chi connectivity index (χ1v) is 5.70. The number of allylic oxidation sites excluding steroid dienone is 2. The highest BCUT2D eigenvalue weighted by atomic mass is 14.0. The highest BCUT2D eigenvalue weighted by molar-refractivity contribution is 4.88. The molecule has 0 aromatic carbocycles. The maximum absolute atomic E-state index is 2.37. The van der Waals surface area contributed by atoms with Crippen molar-refractivity contribution in [1.82, 2.24) is 0 Å². The van der Waals surface area contributed by atoms with E-state index < -0.39 is 0 Å². The van der Waals surface area contributed by atoms with Gasteiger partial charge in [-0.2, -0.15) is 0 Å². The molecule has 0 saturated heterocycles. The van der Waals surface area contributed by atoms with Gasteiger partial charge in [-0.3, -0.25) is 0 Å². The Kier molecular flexibility index (Phi) is 7.03. The van der Waals surface area contributed by atoms with Crippen LogP contribution in [0.3, 0.4) is 0 Å². The molecule has 0 spiro atoms. The number of hydrogen-bond acceptors (Lipinski definition) is 0. The van der Waals surface area contributed by atoms with E-state index in [9.17, 15) is 0 Å². The monoisotopic (exact) mass is 182 g/mol. The summed E-state index contributed by atoms with van der Waals surface area (Å²) in [6.45, 7) is 11.4. The second kappa shape index (κ2) is 7.17. The van der Waals surface area contributed by atoms with Gasteiger partial charge in [-0.1, -0.05) is 59.6 Å². The summed E-state index contributed by atoms with van der Waals surface area (Å²) in [5.74, 6) is 2.33. The predicted octanol–water partition coefficient (Wildman–Crippen LogP) is 4.66. The molecule has 0 aliphatic rings. The van der Waals surface area contributed by atoms with E-state index in [0.717, 1.165) is 11.8 Å². The van der Waals surface area contributed by atoms with Gasteiger partial charge in [-0.15, -0.1) is 0 Å². The summed E-state index contributed by atoms with van der Waals surface area (Å²) in [5.41, 5.74) is 0. The molecule has 0 amide bonds. The van der Waals surface area contributed by atoms with E-state index in [1.165, 1.54) is 19.3 Å². The minimum Gasteiger partial charge on any atom is -0.0857 e. The molecule has 0 fully saturated rings. The zero-order chi connectivity index (χ0) is 10.3. The minimum absolute atomic E-state index is 0.701. The Labute approximate surface area is 84.4 Å². The summed E-state index contributed by atoms with van der Waals surface area (Å²) in [6.07, 6.45) is 8.79. The van der Waals surface area contributed by atoms with Gasteiger partial charge >= 0.3 is 0 Å². The highest BCUT2D eigenvalue weighted by Gasteiger charge is 1.99. The van der Waals surface area contributed by atoms with Crippen molar-refractivity contribution >= 4 is 0 Å². The third-order valence-corrected chi connectivity index (χ3v) is 2.27. The van der Waals surface area contributed by atoms with Crippen LogP contribution in [0.5, 0.6) is 0 Å². The normalized spacial score (nSPS) is 14.7. The van der Waals surface area contributed by atoms with Crippen molar-refractivity contribution < 1.29 is 0 Å².